The van der Waals surface area contributed by atoms with Crippen LogP contribution in [0.25, 0.3) is 0 Å². The van der Waals surface area contributed by atoms with Crippen LogP contribution in [-0.2, 0) is 9.53 Å². The molecular weight excluding hydrogens is 206 g/mol. The van der Waals surface area contributed by atoms with Crippen molar-refractivity contribution in [2.24, 2.45) is 16.6 Å². The number of guanidine groups is 1. The zero-order chi connectivity index (χ0) is 12.0. The first-order chi connectivity index (χ1) is 7.63. The Morgan fingerprint density at radius 2 is 2.12 bits per heavy atom. The van der Waals surface area contributed by atoms with Gasteiger partial charge in [0, 0.05) is 13.1 Å². The zero-order valence-electron chi connectivity index (χ0n) is 10.1. The summed E-state index contributed by atoms with van der Waals surface area (Å²) < 4.78 is 4.53. The van der Waals surface area contributed by atoms with Crippen molar-refractivity contribution in [3.05, 3.63) is 0 Å². The first kappa shape index (κ1) is 12.8. The van der Waals surface area contributed by atoms with E-state index in [2.05, 4.69) is 21.6 Å². The van der Waals surface area contributed by atoms with E-state index in [1.54, 1.807) is 0 Å². The van der Waals surface area contributed by atoms with Gasteiger partial charge in [-0.15, -0.1) is 0 Å². The van der Waals surface area contributed by atoms with Gasteiger partial charge in [-0.1, -0.05) is 6.92 Å². The molecule has 1 saturated heterocycles. The number of methoxy groups -OCH3 is 1. The Balaban J connectivity index is 2.30. The average Bonchev–Trinajstić information content (AvgIpc) is 2.29. The molecule has 0 saturated carbocycles. The van der Waals surface area contributed by atoms with Crippen LogP contribution in [0.1, 0.15) is 26.2 Å². The quantitative estimate of drug-likeness (QED) is 0.435. The third-order valence-corrected chi connectivity index (χ3v) is 2.93. The smallest absolute Gasteiger partial charge is 0.307 e. The average molecular weight is 227 g/mol. The second kappa shape index (κ2) is 6.35. The molecule has 0 aliphatic carbocycles. The van der Waals surface area contributed by atoms with E-state index >= 15 is 0 Å². The van der Waals surface area contributed by atoms with Crippen LogP contribution in [0.2, 0.25) is 0 Å². The normalized spacial score (nSPS) is 18.6. The monoisotopic (exact) mass is 227 g/mol. The largest absolute Gasteiger partial charge is 0.469 e. The molecule has 0 atom stereocenters. The van der Waals surface area contributed by atoms with Crippen LogP contribution < -0.4 is 5.73 Å². The highest BCUT2D eigenvalue weighted by molar-refractivity contribution is 5.78. The maximum Gasteiger partial charge on any atom is 0.307 e. The molecule has 2 N–H and O–H groups in total. The lowest BCUT2D eigenvalue weighted by Crippen LogP contribution is -2.42. The molecule has 92 valence electrons. The summed E-state index contributed by atoms with van der Waals surface area (Å²) in [4.78, 5) is 17.1. The fourth-order valence-corrected chi connectivity index (χ4v) is 1.70. The van der Waals surface area contributed by atoms with E-state index in [1.165, 1.54) is 7.11 Å². The predicted octanol–water partition coefficient (Wildman–Crippen LogP) is 0.596. The van der Waals surface area contributed by atoms with Crippen molar-refractivity contribution in [3.8, 4) is 0 Å². The van der Waals surface area contributed by atoms with Gasteiger partial charge in [0.2, 0.25) is 0 Å². The van der Waals surface area contributed by atoms with Crippen molar-refractivity contribution in [2.45, 2.75) is 26.2 Å². The van der Waals surface area contributed by atoms with Crippen molar-refractivity contribution in [1.29, 1.82) is 0 Å². The highest BCUT2D eigenvalue weighted by Crippen LogP contribution is 2.15. The molecule has 5 nitrogen and oxygen atoms in total. The summed E-state index contributed by atoms with van der Waals surface area (Å²) in [5.41, 5.74) is 5.85. The SMILES string of the molecule is COC(=O)CCN=C(N)N1CCC(C)CC1. The van der Waals surface area contributed by atoms with Crippen LogP contribution >= 0.6 is 0 Å². The molecule has 0 aromatic rings. The van der Waals surface area contributed by atoms with E-state index in [9.17, 15) is 4.79 Å². The number of esters is 1. The number of hydrogen-bond acceptors (Lipinski definition) is 3. The molecule has 1 heterocycles. The summed E-state index contributed by atoms with van der Waals surface area (Å²) in [6.45, 7) is 4.59. The standard InChI is InChI=1S/C11H21N3O2/c1-9-4-7-14(8-5-9)11(12)13-6-3-10(15)16-2/h9H,3-8H2,1-2H3,(H2,12,13). The summed E-state index contributed by atoms with van der Waals surface area (Å²) >= 11 is 0. The number of aliphatic imine (C=N–C) groups is 1. The second-order valence-electron chi connectivity index (χ2n) is 4.24. The van der Waals surface area contributed by atoms with Crippen molar-refractivity contribution < 1.29 is 9.53 Å². The molecule has 0 aromatic heterocycles. The molecule has 0 bridgehead atoms. The van der Waals surface area contributed by atoms with Gasteiger partial charge in [-0.05, 0) is 18.8 Å². The summed E-state index contributed by atoms with van der Waals surface area (Å²) in [5, 5.41) is 0. The van der Waals surface area contributed by atoms with Gasteiger partial charge in [0.1, 0.15) is 0 Å². The molecule has 0 radical (unpaired) electrons. The van der Waals surface area contributed by atoms with Gasteiger partial charge < -0.3 is 15.4 Å². The van der Waals surface area contributed by atoms with Crippen molar-refractivity contribution in [2.75, 3.05) is 26.7 Å². The van der Waals surface area contributed by atoms with Crippen molar-refractivity contribution in [1.82, 2.24) is 4.90 Å². The summed E-state index contributed by atoms with van der Waals surface area (Å²) in [5.74, 6) is 1.08. The molecule has 0 amide bonds. The number of nitrogens with two attached hydrogens (primary N) is 1. The summed E-state index contributed by atoms with van der Waals surface area (Å²) in [7, 11) is 1.38. The maximum atomic E-state index is 10.9. The van der Waals surface area contributed by atoms with E-state index in [4.69, 9.17) is 5.73 Å². The molecule has 0 spiro atoms. The van der Waals surface area contributed by atoms with Crippen LogP contribution in [0.5, 0.6) is 0 Å². The molecule has 1 aliphatic heterocycles. The minimum Gasteiger partial charge on any atom is -0.469 e. The highest BCUT2D eigenvalue weighted by atomic mass is 16.5. The number of nitrogens with zero attached hydrogens (tertiary/aromatic N) is 2. The van der Waals surface area contributed by atoms with Gasteiger partial charge in [-0.25, -0.2) is 0 Å². The third kappa shape index (κ3) is 4.08. The van der Waals surface area contributed by atoms with Crippen LogP contribution in [0.4, 0.5) is 0 Å². The van der Waals surface area contributed by atoms with Crippen LogP contribution in [0.3, 0.4) is 0 Å². The number of piperidine rings is 1. The molecule has 0 unspecified atom stereocenters. The molecular formula is C11H21N3O2. The first-order valence-electron chi connectivity index (χ1n) is 5.75. The molecule has 16 heavy (non-hydrogen) atoms. The van der Waals surface area contributed by atoms with Gasteiger partial charge in [0.15, 0.2) is 5.96 Å². The molecule has 1 fully saturated rings. The number of rotatable bonds is 3. The molecule has 0 aromatic carbocycles. The minimum absolute atomic E-state index is 0.246. The first-order valence-corrected chi connectivity index (χ1v) is 5.75. The van der Waals surface area contributed by atoms with Crippen LogP contribution in [0, 0.1) is 5.92 Å². The van der Waals surface area contributed by atoms with Crippen LogP contribution in [-0.4, -0.2) is 43.6 Å². The Labute approximate surface area is 96.7 Å². The number of carbonyl (C=O) groups is 1. The van der Waals surface area contributed by atoms with Crippen molar-refractivity contribution >= 4 is 11.9 Å². The minimum atomic E-state index is -0.246. The van der Waals surface area contributed by atoms with Crippen molar-refractivity contribution in [3.63, 3.8) is 0 Å². The summed E-state index contributed by atoms with van der Waals surface area (Å²) in [6.07, 6.45) is 2.61. The Morgan fingerprint density at radius 3 is 2.69 bits per heavy atom. The van der Waals surface area contributed by atoms with Gasteiger partial charge >= 0.3 is 5.97 Å². The van der Waals surface area contributed by atoms with Gasteiger partial charge in [0.05, 0.1) is 20.1 Å². The van der Waals surface area contributed by atoms with Crippen LogP contribution in [0.15, 0.2) is 4.99 Å². The lowest BCUT2D eigenvalue weighted by molar-refractivity contribution is -0.140. The number of ether oxygens (including phenoxy) is 1. The van der Waals surface area contributed by atoms with Gasteiger partial charge in [-0.2, -0.15) is 0 Å². The third-order valence-electron chi connectivity index (χ3n) is 2.93. The zero-order valence-corrected chi connectivity index (χ0v) is 10.1. The Morgan fingerprint density at radius 1 is 1.50 bits per heavy atom. The predicted molar refractivity (Wildman–Crippen MR) is 63.1 cm³/mol. The highest BCUT2D eigenvalue weighted by Gasteiger charge is 2.16. The van der Waals surface area contributed by atoms with E-state index < -0.39 is 0 Å². The van der Waals surface area contributed by atoms with E-state index in [-0.39, 0.29) is 5.97 Å². The Kier molecular flexibility index (Phi) is 5.08. The lowest BCUT2D eigenvalue weighted by atomic mass is 10.00. The number of likely N-dealkylation sites (tertiary alicyclic amines) is 1. The second-order valence-corrected chi connectivity index (χ2v) is 4.24. The number of carbonyl (C=O) groups excluding carboxylic acids is 1. The fraction of sp³-hybridized carbons (Fsp3) is 0.818. The fourth-order valence-electron chi connectivity index (χ4n) is 1.70. The van der Waals surface area contributed by atoms with E-state index in [0.29, 0.717) is 18.9 Å². The topological polar surface area (TPSA) is 67.9 Å². The molecule has 5 heteroatoms. The molecule has 1 aliphatic rings. The summed E-state index contributed by atoms with van der Waals surface area (Å²) in [6, 6.07) is 0. The maximum absolute atomic E-state index is 10.9. The van der Waals surface area contributed by atoms with E-state index in [1.807, 2.05) is 0 Å². The van der Waals surface area contributed by atoms with Gasteiger partial charge in [0.25, 0.3) is 0 Å². The molecule has 1 rings (SSSR count). The Hall–Kier alpha value is -1.26. The van der Waals surface area contributed by atoms with E-state index in [0.717, 1.165) is 31.8 Å². The Bertz CT molecular complexity index is 258. The lowest BCUT2D eigenvalue weighted by Gasteiger charge is -2.30. The van der Waals surface area contributed by atoms with Gasteiger partial charge in [-0.3, -0.25) is 9.79 Å². The number of hydrogen-bond donors (Lipinski definition) is 1.